The summed E-state index contributed by atoms with van der Waals surface area (Å²) >= 11 is 0. The highest BCUT2D eigenvalue weighted by molar-refractivity contribution is 6.32. The van der Waals surface area contributed by atoms with Gasteiger partial charge in [0.15, 0.2) is 23.1 Å². The van der Waals surface area contributed by atoms with E-state index in [1.54, 1.807) is 42.6 Å². The summed E-state index contributed by atoms with van der Waals surface area (Å²) in [4.78, 5) is 39.2. The first-order valence-electron chi connectivity index (χ1n) is 21.7. The number of nitrogens with zero attached hydrogens (tertiary/aromatic N) is 3. The van der Waals surface area contributed by atoms with Crippen LogP contribution < -0.4 is 9.64 Å². The summed E-state index contributed by atoms with van der Waals surface area (Å²) in [6.45, 7) is -0.896. The van der Waals surface area contributed by atoms with Crippen LogP contribution in [0, 0.1) is 11.3 Å². The van der Waals surface area contributed by atoms with Gasteiger partial charge in [0.25, 0.3) is 5.91 Å². The molecule has 3 aromatic carbocycles. The number of phenolic OH excluding ortho intramolecular Hbond substituents is 3. The highest BCUT2D eigenvalue weighted by Crippen LogP contribution is 2.74. The van der Waals surface area contributed by atoms with E-state index in [4.69, 9.17) is 9.47 Å². The van der Waals surface area contributed by atoms with E-state index < -0.39 is 88.6 Å². The lowest BCUT2D eigenvalue weighted by atomic mass is 9.45. The van der Waals surface area contributed by atoms with Crippen molar-refractivity contribution in [2.45, 2.75) is 92.2 Å². The fourth-order valence-corrected chi connectivity index (χ4v) is 11.5. The van der Waals surface area contributed by atoms with Gasteiger partial charge in [-0.05, 0) is 66.8 Å². The van der Waals surface area contributed by atoms with Crippen LogP contribution in [-0.4, -0.2) is 131 Å². The number of aliphatic carboxylic acids is 1. The van der Waals surface area contributed by atoms with Gasteiger partial charge < -0.3 is 60.5 Å². The zero-order valence-corrected chi connectivity index (χ0v) is 35.1. The number of carboxylic acid groups (broad SMARTS) is 1. The molecular formula is C48H51N3O14. The number of hydrogen-bond acceptors (Lipinski definition) is 15. The maximum absolute atomic E-state index is 15.2. The third kappa shape index (κ3) is 6.78. The van der Waals surface area contributed by atoms with Crippen LogP contribution in [0.2, 0.25) is 0 Å². The van der Waals surface area contributed by atoms with E-state index >= 15 is 4.79 Å². The molecule has 65 heavy (non-hydrogen) atoms. The molecule has 17 heteroatoms. The number of benzene rings is 3. The Labute approximate surface area is 372 Å². The van der Waals surface area contributed by atoms with E-state index in [-0.39, 0.29) is 48.9 Å². The first-order valence-corrected chi connectivity index (χ1v) is 21.7. The molecular weight excluding hydrogens is 843 g/mol. The minimum atomic E-state index is -3.19. The normalized spacial score (nSPS) is 32.2. The first kappa shape index (κ1) is 44.3. The highest BCUT2D eigenvalue weighted by Gasteiger charge is 2.74. The molecule has 9 atom stereocenters. The number of carbonyl (C=O) groups is 2. The molecule has 10 N–H and O–H groups in total. The van der Waals surface area contributed by atoms with Gasteiger partial charge in [0.1, 0.15) is 36.5 Å². The molecule has 3 aliphatic carbocycles. The van der Waals surface area contributed by atoms with Gasteiger partial charge in [-0.3, -0.25) is 19.7 Å². The number of carbonyl (C=O) groups excluding carboxylic acids is 1. The van der Waals surface area contributed by atoms with Gasteiger partial charge in [-0.25, -0.2) is 4.79 Å². The van der Waals surface area contributed by atoms with Crippen molar-refractivity contribution in [1.82, 2.24) is 0 Å². The maximum atomic E-state index is 15.2. The van der Waals surface area contributed by atoms with Crippen LogP contribution in [0.5, 0.6) is 23.0 Å². The lowest BCUT2D eigenvalue weighted by molar-refractivity contribution is -0.422. The smallest absolute Gasteiger partial charge is 0.355 e. The Balaban J connectivity index is 1.25. The van der Waals surface area contributed by atoms with E-state index in [0.717, 1.165) is 30.2 Å². The molecule has 0 radical (unpaired) electrons. The van der Waals surface area contributed by atoms with E-state index in [0.29, 0.717) is 40.8 Å². The van der Waals surface area contributed by atoms with Gasteiger partial charge in [-0.1, -0.05) is 61.3 Å². The number of allylic oxidation sites excluding steroid dienone is 2. The standard InChI is InChI=1S/C48H51N3O14/c52-23-27-12-15-46(45(13-4-1-5-14-45)32-6-2-3-7-35(32)55)29(17-27)21-47(44(61)62)42(46)31-19-36(56)37(64-48(63)43(60)41(59)40(58)38(24-53)65-48)20-33(31)51(47)39(57)11-9-26-8-10-34(54)28(16-26)18-30-22-49-25-50-30/h2-3,6-12,15-16,19-22,27,38,40-43,52-56,58-60,63H,1,4-5,13-14,17-18,23-25H2,(H,61,62)/b11-9+/t27-,38+,40+,41-,42-,43+,46-,47+,48-/m0/s1. The number of para-hydroxylation sites is 1. The molecule has 342 valence electrons. The fraction of sp³-hybridized carbons (Fsp3) is 0.417. The number of aliphatic hydroxyl groups excluding tert-OH is 5. The lowest BCUT2D eigenvalue weighted by Crippen LogP contribution is -2.67. The summed E-state index contributed by atoms with van der Waals surface area (Å²) in [5, 5.41) is 110. The third-order valence-electron chi connectivity index (χ3n) is 14.4. The first-order chi connectivity index (χ1) is 31.1. The number of aromatic hydroxyl groups is 3. The Bertz CT molecular complexity index is 2560. The van der Waals surface area contributed by atoms with Crippen LogP contribution in [0.3, 0.4) is 0 Å². The van der Waals surface area contributed by atoms with E-state index in [9.17, 15) is 55.9 Å². The molecule has 1 saturated heterocycles. The SMILES string of the molecule is O=C(/C=C/c1ccc(O)c(CC2=NCN=C2)c1)N1c2cc(O[C@]3(O)O[C@H](CO)[C@@H](O)[C@H](O)[C@H]3O)c(O)cc2[C@@H]2[C@@]1(C(=O)O)C=C1C[C@@H](CO)C=C[C@]12C1(c2ccccc2O)CCCCC1. The molecule has 1 amide bonds. The van der Waals surface area contributed by atoms with Gasteiger partial charge in [0, 0.05) is 65.2 Å². The number of rotatable bonds is 11. The summed E-state index contributed by atoms with van der Waals surface area (Å²) in [7, 11) is 0. The highest BCUT2D eigenvalue weighted by atomic mass is 16.8. The summed E-state index contributed by atoms with van der Waals surface area (Å²) in [5.74, 6) is -8.39. The molecule has 0 unspecified atom stereocenters. The van der Waals surface area contributed by atoms with Crippen molar-refractivity contribution in [2.24, 2.45) is 21.3 Å². The number of aliphatic imine (C=N–C) groups is 2. The van der Waals surface area contributed by atoms with Crippen LogP contribution >= 0.6 is 0 Å². The van der Waals surface area contributed by atoms with E-state index in [1.165, 1.54) is 24.3 Å². The van der Waals surface area contributed by atoms with Crippen LogP contribution in [0.4, 0.5) is 5.69 Å². The quantitative estimate of drug-likeness (QED) is 0.0753. The van der Waals surface area contributed by atoms with E-state index in [2.05, 4.69) is 9.98 Å². The van der Waals surface area contributed by atoms with Crippen molar-refractivity contribution in [3.8, 4) is 23.0 Å². The molecule has 3 heterocycles. The minimum Gasteiger partial charge on any atom is -0.508 e. The van der Waals surface area contributed by atoms with Gasteiger partial charge in [0.05, 0.1) is 18.0 Å². The Hall–Kier alpha value is -5.92. The largest absolute Gasteiger partial charge is 0.508 e. The van der Waals surface area contributed by atoms with Crippen LogP contribution in [0.15, 0.2) is 94.5 Å². The number of anilines is 1. The molecule has 3 aliphatic heterocycles. The molecule has 3 aromatic rings. The van der Waals surface area contributed by atoms with Gasteiger partial charge >= 0.3 is 11.9 Å². The number of carboxylic acids is 1. The average Bonchev–Trinajstić information content (AvgIpc) is 4.00. The van der Waals surface area contributed by atoms with Gasteiger partial charge in [-0.15, -0.1) is 0 Å². The summed E-state index contributed by atoms with van der Waals surface area (Å²) in [5.41, 5.74) is -1.58. The summed E-state index contributed by atoms with van der Waals surface area (Å²) in [6.07, 6.45) is 5.42. The Morgan fingerprint density at radius 2 is 1.69 bits per heavy atom. The van der Waals surface area contributed by atoms with Crippen molar-refractivity contribution in [2.75, 3.05) is 24.8 Å². The summed E-state index contributed by atoms with van der Waals surface area (Å²) in [6, 6.07) is 14.0. The Kier molecular flexibility index (Phi) is 11.2. The molecule has 9 rings (SSSR count). The van der Waals surface area contributed by atoms with Crippen LogP contribution in [0.25, 0.3) is 6.08 Å². The number of aliphatic hydroxyl groups is 6. The predicted molar refractivity (Wildman–Crippen MR) is 234 cm³/mol. The third-order valence-corrected chi connectivity index (χ3v) is 14.4. The van der Waals surface area contributed by atoms with Crippen molar-refractivity contribution in [1.29, 1.82) is 0 Å². The average molecular weight is 894 g/mol. The summed E-state index contributed by atoms with van der Waals surface area (Å²) < 4.78 is 11.1. The molecule has 1 saturated carbocycles. The Morgan fingerprint density at radius 3 is 2.38 bits per heavy atom. The molecule has 17 nitrogen and oxygen atoms in total. The predicted octanol–water partition coefficient (Wildman–Crippen LogP) is 2.69. The lowest BCUT2D eigenvalue weighted by Gasteiger charge is -2.57. The van der Waals surface area contributed by atoms with Crippen molar-refractivity contribution >= 4 is 35.6 Å². The van der Waals surface area contributed by atoms with Crippen molar-refractivity contribution in [3.05, 3.63) is 107 Å². The van der Waals surface area contributed by atoms with E-state index in [1.807, 2.05) is 18.2 Å². The van der Waals surface area contributed by atoms with Crippen LogP contribution in [0.1, 0.15) is 66.7 Å². The molecule has 0 spiro atoms. The molecule has 0 bridgehead atoms. The molecule has 6 aliphatic rings. The number of phenols is 3. The second-order valence-corrected chi connectivity index (χ2v) is 17.8. The topological polar surface area (TPSA) is 283 Å². The molecule has 2 fully saturated rings. The number of hydrogen-bond donors (Lipinski definition) is 10. The van der Waals surface area contributed by atoms with Crippen LogP contribution in [-0.2, 0) is 26.2 Å². The number of ether oxygens (including phenoxy) is 2. The van der Waals surface area contributed by atoms with Crippen molar-refractivity contribution < 1.29 is 70.1 Å². The zero-order valence-electron chi connectivity index (χ0n) is 35.1. The number of amides is 1. The molecule has 0 aromatic heterocycles. The second kappa shape index (κ2) is 16.5. The maximum Gasteiger partial charge on any atom is 0.355 e. The number of fused-ring (bicyclic) bond motifs is 5. The minimum absolute atomic E-state index is 0.00245. The second-order valence-electron chi connectivity index (χ2n) is 17.8. The zero-order chi connectivity index (χ0) is 46.1. The monoisotopic (exact) mass is 893 g/mol. The van der Waals surface area contributed by atoms with Crippen molar-refractivity contribution in [3.63, 3.8) is 0 Å². The fourth-order valence-electron chi connectivity index (χ4n) is 11.5. The Morgan fingerprint density at radius 1 is 0.923 bits per heavy atom. The van der Waals surface area contributed by atoms with Gasteiger partial charge in [0.2, 0.25) is 0 Å². The van der Waals surface area contributed by atoms with Gasteiger partial charge in [-0.2, -0.15) is 0 Å².